The Morgan fingerprint density at radius 1 is 1.80 bits per heavy atom. The fraction of sp³-hybridized carbons (Fsp3) is 0. The van der Waals surface area contributed by atoms with Crippen molar-refractivity contribution in [3.8, 4) is 0 Å². The zero-order chi connectivity index (χ0) is 4.28. The molecule has 0 radical (unpaired) electrons. The van der Waals surface area contributed by atoms with Gasteiger partial charge in [0.1, 0.15) is 0 Å². The Morgan fingerprint density at radius 2 is 2.00 bits per heavy atom. The average Bonchev–Trinajstić information content (AvgIpc) is 1.38. The first kappa shape index (κ1) is 4.33. The summed E-state index contributed by atoms with van der Waals surface area (Å²) >= 11 is 0. The minimum absolute atomic E-state index is 1.42. The Labute approximate surface area is 27.2 Å². The molecule has 5 heavy (non-hydrogen) atoms. The molecule has 2 N–H and O–H groups in total. The standard InChI is InChI=1S/CH2F2N2/c2-1(4)5-3/h(H2,4,5). The van der Waals surface area contributed by atoms with Gasteiger partial charge < -0.3 is 5.73 Å². The third-order valence-electron chi connectivity index (χ3n) is 0.0807. The van der Waals surface area contributed by atoms with Crippen LogP contribution in [0.1, 0.15) is 0 Å². The molecule has 0 spiro atoms. The Morgan fingerprint density at radius 3 is 2.00 bits per heavy atom. The maximum Gasteiger partial charge on any atom is 0.308 e. The quantitative estimate of drug-likeness (QED) is 0.251. The zero-order valence-corrected chi connectivity index (χ0v) is 2.28. The van der Waals surface area contributed by atoms with Crippen LogP contribution in [0, 0.1) is 0 Å². The second-order valence-corrected chi connectivity index (χ2v) is 0.407. The van der Waals surface area contributed by atoms with Crippen molar-refractivity contribution in [1.29, 1.82) is 0 Å². The number of hydrogen-bond donors (Lipinski definition) is 1. The third-order valence-corrected chi connectivity index (χ3v) is 0.0807. The Hall–Kier alpha value is -0.670. The van der Waals surface area contributed by atoms with Gasteiger partial charge in [0, 0.05) is 0 Å². The van der Waals surface area contributed by atoms with Crippen LogP contribution in [0.25, 0.3) is 0 Å². The lowest BCUT2D eigenvalue weighted by Crippen LogP contribution is -2.00. The van der Waals surface area contributed by atoms with Crippen LogP contribution in [0.3, 0.4) is 0 Å². The van der Waals surface area contributed by atoms with Gasteiger partial charge in [0.25, 0.3) is 0 Å². The molecule has 0 fully saturated rings. The van der Waals surface area contributed by atoms with Crippen LogP contribution in [0.2, 0.25) is 0 Å². The van der Waals surface area contributed by atoms with Gasteiger partial charge in [-0.15, -0.1) is 0 Å². The highest BCUT2D eigenvalue weighted by atomic mass is 19.2. The van der Waals surface area contributed by atoms with Gasteiger partial charge in [-0.3, -0.25) is 0 Å². The van der Waals surface area contributed by atoms with E-state index in [0.29, 0.717) is 0 Å². The monoisotopic (exact) mass is 80.0 g/mol. The molecule has 0 bridgehead atoms. The molecule has 0 aromatic carbocycles. The SMILES string of the molecule is N/C(F)=N\F. The van der Waals surface area contributed by atoms with Crippen molar-refractivity contribution >= 4 is 6.09 Å². The summed E-state index contributed by atoms with van der Waals surface area (Å²) in [6.45, 7) is 0. The Kier molecular flexibility index (Phi) is 1.41. The maximum atomic E-state index is 10.6. The van der Waals surface area contributed by atoms with E-state index >= 15 is 0 Å². The van der Waals surface area contributed by atoms with Crippen LogP contribution in [0.15, 0.2) is 5.21 Å². The van der Waals surface area contributed by atoms with Gasteiger partial charge in [-0.05, 0) is 5.21 Å². The molecule has 0 aliphatic carbocycles. The predicted octanol–water partition coefficient (Wildman–Crippen LogP) is 0.155. The van der Waals surface area contributed by atoms with E-state index in [9.17, 15) is 8.87 Å². The predicted molar refractivity (Wildman–Crippen MR) is 13.8 cm³/mol. The second kappa shape index (κ2) is 1.63. The van der Waals surface area contributed by atoms with E-state index in [0.717, 1.165) is 0 Å². The minimum Gasteiger partial charge on any atom is -0.358 e. The number of hydrogen-bond acceptors (Lipinski definition) is 1. The maximum absolute atomic E-state index is 10.6. The largest absolute Gasteiger partial charge is 0.358 e. The van der Waals surface area contributed by atoms with Crippen molar-refractivity contribution in [1.82, 2.24) is 0 Å². The summed E-state index contributed by atoms with van der Waals surface area (Å²) in [5.41, 5.74) is 4.00. The molecule has 0 heterocycles. The van der Waals surface area contributed by atoms with Gasteiger partial charge in [-0.25, -0.2) is 0 Å². The molecule has 0 amide bonds. The van der Waals surface area contributed by atoms with Gasteiger partial charge >= 0.3 is 6.09 Å². The number of halogens is 2. The first-order chi connectivity index (χ1) is 2.27. The molecular weight excluding hydrogens is 78.0 g/mol. The molecule has 4 heteroatoms. The molecule has 2 nitrogen and oxygen atoms in total. The highest BCUT2D eigenvalue weighted by Crippen LogP contribution is 1.66. The molecule has 0 atom stereocenters. The minimum atomic E-state index is -1.54. The topological polar surface area (TPSA) is 38.4 Å². The summed E-state index contributed by atoms with van der Waals surface area (Å²) in [5, 5.41) is 1.42. The summed E-state index contributed by atoms with van der Waals surface area (Å²) < 4.78 is 20.8. The van der Waals surface area contributed by atoms with Crippen LogP contribution < -0.4 is 5.73 Å². The fourth-order valence-electron chi connectivity index (χ4n) is 0. The van der Waals surface area contributed by atoms with E-state index in [-0.39, 0.29) is 0 Å². The van der Waals surface area contributed by atoms with Crippen LogP contribution in [-0.2, 0) is 0 Å². The molecule has 0 aliphatic rings. The summed E-state index contributed by atoms with van der Waals surface area (Å²) in [5.74, 6) is 0. The molecule has 0 aromatic rings. The molecule has 0 rings (SSSR count). The second-order valence-electron chi connectivity index (χ2n) is 0.407. The van der Waals surface area contributed by atoms with Gasteiger partial charge in [0.05, 0.1) is 0 Å². The normalized spacial score (nSPS) is 12.0. The summed E-state index contributed by atoms with van der Waals surface area (Å²) in [6, 6.07) is 0. The van der Waals surface area contributed by atoms with Crippen molar-refractivity contribution in [2.45, 2.75) is 0 Å². The Balaban J connectivity index is 3.14. The van der Waals surface area contributed by atoms with E-state index < -0.39 is 6.09 Å². The van der Waals surface area contributed by atoms with E-state index in [2.05, 4.69) is 5.73 Å². The van der Waals surface area contributed by atoms with Crippen molar-refractivity contribution in [3.05, 3.63) is 0 Å². The molecule has 0 aliphatic heterocycles. The summed E-state index contributed by atoms with van der Waals surface area (Å²) in [4.78, 5) is 0. The lowest BCUT2D eigenvalue weighted by atomic mass is 11.3. The number of nitrogens with zero attached hydrogens (tertiary/aromatic N) is 1. The zero-order valence-electron chi connectivity index (χ0n) is 2.28. The molecular formula is CH2F2N2. The van der Waals surface area contributed by atoms with Crippen molar-refractivity contribution < 1.29 is 8.87 Å². The summed E-state index contributed by atoms with van der Waals surface area (Å²) in [7, 11) is 0. The van der Waals surface area contributed by atoms with E-state index in [1.165, 1.54) is 5.21 Å². The van der Waals surface area contributed by atoms with Crippen LogP contribution >= 0.6 is 0 Å². The molecule has 0 saturated heterocycles. The highest BCUT2D eigenvalue weighted by Gasteiger charge is 1.73. The first-order valence-corrected chi connectivity index (χ1v) is 0.870. The van der Waals surface area contributed by atoms with Crippen LogP contribution in [0.4, 0.5) is 8.87 Å². The van der Waals surface area contributed by atoms with E-state index in [1.807, 2.05) is 0 Å². The van der Waals surface area contributed by atoms with Crippen molar-refractivity contribution in [2.75, 3.05) is 0 Å². The molecule has 30 valence electrons. The number of nitrogens with two attached hydrogens (primary N) is 1. The first-order valence-electron chi connectivity index (χ1n) is 0.870. The smallest absolute Gasteiger partial charge is 0.308 e. The van der Waals surface area contributed by atoms with E-state index in [1.54, 1.807) is 0 Å². The molecule has 0 saturated carbocycles. The van der Waals surface area contributed by atoms with E-state index in [4.69, 9.17) is 0 Å². The average molecular weight is 80.0 g/mol. The lowest BCUT2D eigenvalue weighted by molar-refractivity contribution is 0.516. The molecule has 0 unspecified atom stereocenters. The lowest BCUT2D eigenvalue weighted by Gasteiger charge is -1.65. The number of amidine groups is 1. The van der Waals surface area contributed by atoms with Crippen LogP contribution in [-0.4, -0.2) is 6.09 Å². The van der Waals surface area contributed by atoms with Gasteiger partial charge in [-0.1, -0.05) is 4.48 Å². The fourth-order valence-corrected chi connectivity index (χ4v) is 0. The van der Waals surface area contributed by atoms with Gasteiger partial charge in [-0.2, -0.15) is 4.39 Å². The van der Waals surface area contributed by atoms with Crippen molar-refractivity contribution in [3.63, 3.8) is 0 Å². The van der Waals surface area contributed by atoms with Crippen LogP contribution in [0.5, 0.6) is 0 Å². The summed E-state index contributed by atoms with van der Waals surface area (Å²) in [6.07, 6.45) is -1.54. The third kappa shape index (κ3) is 3.33. The number of rotatable bonds is 0. The van der Waals surface area contributed by atoms with Gasteiger partial charge in [0.15, 0.2) is 0 Å². The van der Waals surface area contributed by atoms with Gasteiger partial charge in [0.2, 0.25) is 0 Å². The highest BCUT2D eigenvalue weighted by molar-refractivity contribution is 5.68. The molecule has 0 aromatic heterocycles. The Bertz CT molecular complexity index is 45.6. The van der Waals surface area contributed by atoms with Crippen molar-refractivity contribution in [2.24, 2.45) is 10.9 Å².